The highest BCUT2D eigenvalue weighted by molar-refractivity contribution is 5.99. The van der Waals surface area contributed by atoms with E-state index < -0.39 is 0 Å². The van der Waals surface area contributed by atoms with Crippen molar-refractivity contribution in [3.8, 4) is 11.3 Å². The summed E-state index contributed by atoms with van der Waals surface area (Å²) in [5.74, 6) is 2.17. The predicted molar refractivity (Wildman–Crippen MR) is 105 cm³/mol. The lowest BCUT2D eigenvalue weighted by molar-refractivity contribution is -0.121. The minimum Gasteiger partial charge on any atom is -0.293 e. The number of piperidine rings is 1. The monoisotopic (exact) mass is 371 g/mol. The maximum Gasteiger partial charge on any atom is 0.232 e. The zero-order chi connectivity index (χ0) is 18.7. The van der Waals surface area contributed by atoms with Gasteiger partial charge in [0, 0.05) is 53.8 Å². The summed E-state index contributed by atoms with van der Waals surface area (Å²) in [4.78, 5) is 23.7. The minimum absolute atomic E-state index is 0.0475. The van der Waals surface area contributed by atoms with E-state index in [1.807, 2.05) is 29.3 Å². The number of amides is 1. The van der Waals surface area contributed by atoms with Crippen LogP contribution in [0.5, 0.6) is 0 Å². The zero-order valence-electron chi connectivity index (χ0n) is 15.5. The fourth-order valence-electron chi connectivity index (χ4n) is 4.53. The molecule has 1 saturated heterocycles. The van der Waals surface area contributed by atoms with Gasteiger partial charge >= 0.3 is 0 Å². The molecule has 1 N–H and O–H groups in total. The smallest absolute Gasteiger partial charge is 0.232 e. The Hall–Kier alpha value is -3.02. The van der Waals surface area contributed by atoms with E-state index in [4.69, 9.17) is 0 Å². The van der Waals surface area contributed by atoms with Crippen molar-refractivity contribution in [2.45, 2.75) is 37.6 Å². The van der Waals surface area contributed by atoms with Crippen LogP contribution in [0.3, 0.4) is 0 Å². The number of rotatable bonds is 5. The molecule has 3 aromatic heterocycles. The van der Waals surface area contributed by atoms with Crippen LogP contribution in [0.2, 0.25) is 0 Å². The van der Waals surface area contributed by atoms with Crippen LogP contribution >= 0.6 is 0 Å². The number of pyridine rings is 2. The second-order valence-electron chi connectivity index (χ2n) is 8.23. The fraction of sp³-hybridized carbons (Fsp3) is 0.364. The van der Waals surface area contributed by atoms with Crippen molar-refractivity contribution in [1.29, 1.82) is 0 Å². The molecule has 1 amide bonds. The number of H-pyrrole nitrogens is 1. The van der Waals surface area contributed by atoms with Crippen molar-refractivity contribution in [2.24, 2.45) is 11.8 Å². The van der Waals surface area contributed by atoms with Crippen LogP contribution in [0.25, 0.3) is 11.3 Å². The minimum atomic E-state index is 0.0475. The van der Waals surface area contributed by atoms with Gasteiger partial charge in [-0.2, -0.15) is 5.10 Å². The van der Waals surface area contributed by atoms with E-state index in [9.17, 15) is 4.79 Å². The SMILES string of the molecule is O=C1C(Cc2ccc(C3CC3)nc2)C2CC2N1c1cc(-c2ccncc2)n[nH]1. The Morgan fingerprint density at radius 3 is 2.75 bits per heavy atom. The summed E-state index contributed by atoms with van der Waals surface area (Å²) < 4.78 is 0. The lowest BCUT2D eigenvalue weighted by Crippen LogP contribution is -2.32. The van der Waals surface area contributed by atoms with Crippen LogP contribution < -0.4 is 4.90 Å². The molecule has 3 unspecified atom stereocenters. The molecule has 28 heavy (non-hydrogen) atoms. The van der Waals surface area contributed by atoms with Gasteiger partial charge in [0.25, 0.3) is 0 Å². The average molecular weight is 371 g/mol. The van der Waals surface area contributed by atoms with Crippen LogP contribution in [0.1, 0.15) is 36.4 Å². The van der Waals surface area contributed by atoms with Crippen molar-refractivity contribution in [3.63, 3.8) is 0 Å². The molecular weight excluding hydrogens is 350 g/mol. The first-order valence-corrected chi connectivity index (χ1v) is 10.0. The second kappa shape index (κ2) is 5.99. The van der Waals surface area contributed by atoms with Gasteiger partial charge < -0.3 is 0 Å². The van der Waals surface area contributed by atoms with E-state index >= 15 is 0 Å². The molecule has 0 aromatic carbocycles. The van der Waals surface area contributed by atoms with Gasteiger partial charge in [-0.25, -0.2) is 0 Å². The lowest BCUT2D eigenvalue weighted by atomic mass is 9.96. The number of nitrogens with one attached hydrogen (secondary N) is 1. The van der Waals surface area contributed by atoms with Crippen LogP contribution in [-0.2, 0) is 11.2 Å². The summed E-state index contributed by atoms with van der Waals surface area (Å²) >= 11 is 0. The summed E-state index contributed by atoms with van der Waals surface area (Å²) in [7, 11) is 0. The van der Waals surface area contributed by atoms with E-state index in [2.05, 4.69) is 32.3 Å². The molecule has 6 heteroatoms. The summed E-state index contributed by atoms with van der Waals surface area (Å²) in [6.45, 7) is 0. The molecule has 4 heterocycles. The van der Waals surface area contributed by atoms with E-state index in [0.29, 0.717) is 17.9 Å². The molecule has 3 aromatic rings. The number of anilines is 1. The molecule has 3 atom stereocenters. The fourth-order valence-corrected chi connectivity index (χ4v) is 4.53. The molecule has 0 bridgehead atoms. The number of carbonyl (C=O) groups excluding carboxylic acids is 1. The number of aromatic nitrogens is 4. The highest BCUT2D eigenvalue weighted by atomic mass is 16.2. The quantitative estimate of drug-likeness (QED) is 0.746. The van der Waals surface area contributed by atoms with E-state index in [1.165, 1.54) is 18.5 Å². The highest BCUT2D eigenvalue weighted by Gasteiger charge is 2.59. The molecule has 0 spiro atoms. The maximum atomic E-state index is 13.1. The van der Waals surface area contributed by atoms with Gasteiger partial charge in [0.05, 0.1) is 5.69 Å². The molecular formula is C22H21N5O. The van der Waals surface area contributed by atoms with Crippen molar-refractivity contribution in [1.82, 2.24) is 20.2 Å². The highest BCUT2D eigenvalue weighted by Crippen LogP contribution is 2.51. The third-order valence-electron chi connectivity index (χ3n) is 6.31. The van der Waals surface area contributed by atoms with Crippen molar-refractivity contribution >= 4 is 11.7 Å². The maximum absolute atomic E-state index is 13.1. The largest absolute Gasteiger partial charge is 0.293 e. The van der Waals surface area contributed by atoms with Gasteiger partial charge in [-0.1, -0.05) is 6.07 Å². The number of fused-ring (bicyclic) bond motifs is 1. The molecule has 0 radical (unpaired) electrons. The van der Waals surface area contributed by atoms with Gasteiger partial charge in [-0.15, -0.1) is 0 Å². The Balaban J connectivity index is 1.21. The van der Waals surface area contributed by atoms with Crippen LogP contribution in [0, 0.1) is 11.8 Å². The third kappa shape index (κ3) is 2.63. The summed E-state index contributed by atoms with van der Waals surface area (Å²) in [6, 6.07) is 10.4. The van der Waals surface area contributed by atoms with Crippen LogP contribution in [0.4, 0.5) is 5.82 Å². The molecule has 2 aliphatic carbocycles. The standard InChI is InChI=1S/C22H21N5O/c28-22-17(9-13-1-4-18(24-12-13)14-2-3-14)16-10-20(16)27(22)21-11-19(25-26-21)15-5-7-23-8-6-15/h1,4-8,11-12,14,16-17,20H,2-3,9-10H2,(H,25,26). The average Bonchev–Trinajstić information content (AvgIpc) is 3.64. The Bertz CT molecular complexity index is 1020. The van der Waals surface area contributed by atoms with Crippen LogP contribution in [-0.4, -0.2) is 32.1 Å². The zero-order valence-corrected chi connectivity index (χ0v) is 15.5. The first-order chi connectivity index (χ1) is 13.8. The van der Waals surface area contributed by atoms with E-state index in [0.717, 1.165) is 35.5 Å². The number of hydrogen-bond acceptors (Lipinski definition) is 4. The summed E-state index contributed by atoms with van der Waals surface area (Å²) in [6.07, 6.45) is 9.85. The molecule has 6 nitrogen and oxygen atoms in total. The first kappa shape index (κ1) is 16.0. The normalized spacial score (nSPS) is 25.8. The molecule has 140 valence electrons. The number of hydrogen-bond donors (Lipinski definition) is 1. The van der Waals surface area contributed by atoms with Crippen molar-refractivity contribution < 1.29 is 4.79 Å². The van der Waals surface area contributed by atoms with Gasteiger partial charge in [-0.3, -0.25) is 24.8 Å². The summed E-state index contributed by atoms with van der Waals surface area (Å²) in [5.41, 5.74) is 4.20. The Kier molecular flexibility index (Phi) is 3.42. The van der Waals surface area contributed by atoms with E-state index in [-0.39, 0.29) is 11.8 Å². The predicted octanol–water partition coefficient (Wildman–Crippen LogP) is 3.34. The van der Waals surface area contributed by atoms with Gasteiger partial charge in [-0.05, 0) is 55.4 Å². The summed E-state index contributed by atoms with van der Waals surface area (Å²) in [5, 5.41) is 7.47. The number of nitrogens with zero attached hydrogens (tertiary/aromatic N) is 4. The first-order valence-electron chi connectivity index (χ1n) is 10.0. The third-order valence-corrected chi connectivity index (χ3v) is 6.31. The molecule has 1 aliphatic heterocycles. The Labute approximate surface area is 163 Å². The molecule has 6 rings (SSSR count). The van der Waals surface area contributed by atoms with Crippen molar-refractivity contribution in [3.05, 3.63) is 60.2 Å². The van der Waals surface area contributed by atoms with E-state index in [1.54, 1.807) is 12.4 Å². The van der Waals surface area contributed by atoms with Gasteiger partial charge in [0.15, 0.2) is 0 Å². The topological polar surface area (TPSA) is 74.8 Å². The lowest BCUT2D eigenvalue weighted by Gasteiger charge is -2.19. The number of carbonyl (C=O) groups is 1. The Morgan fingerprint density at radius 2 is 2.00 bits per heavy atom. The van der Waals surface area contributed by atoms with Crippen molar-refractivity contribution in [2.75, 3.05) is 4.90 Å². The van der Waals surface area contributed by atoms with Gasteiger partial charge in [0.2, 0.25) is 5.91 Å². The van der Waals surface area contributed by atoms with Crippen LogP contribution in [0.15, 0.2) is 48.9 Å². The molecule has 3 fully saturated rings. The molecule has 3 aliphatic rings. The second-order valence-corrected chi connectivity index (χ2v) is 8.23. The molecule has 2 saturated carbocycles. The Morgan fingerprint density at radius 1 is 1.14 bits per heavy atom. The number of aromatic amines is 1. The van der Waals surface area contributed by atoms with Gasteiger partial charge in [0.1, 0.15) is 5.82 Å².